The summed E-state index contributed by atoms with van der Waals surface area (Å²) in [6, 6.07) is 15.1. The Balaban J connectivity index is 1.63. The van der Waals surface area contributed by atoms with Gasteiger partial charge in [0.2, 0.25) is 19.1 Å². The Morgan fingerprint density at radius 2 is 1.97 bits per heavy atom. The molecule has 2 amide bonds. The van der Waals surface area contributed by atoms with Crippen molar-refractivity contribution in [2.75, 3.05) is 25.4 Å². The second kappa shape index (κ2) is 12.0. The van der Waals surface area contributed by atoms with Gasteiger partial charge in [-0.05, 0) is 24.1 Å². The number of para-hydroxylation sites is 1. The van der Waals surface area contributed by atoms with Crippen LogP contribution in [0.4, 0.5) is 5.69 Å². The van der Waals surface area contributed by atoms with E-state index in [0.717, 1.165) is 24.8 Å². The van der Waals surface area contributed by atoms with Gasteiger partial charge in [-0.3, -0.25) is 24.9 Å². The fourth-order valence-electron chi connectivity index (χ4n) is 3.52. The molecule has 0 fully saturated rings. The van der Waals surface area contributed by atoms with E-state index >= 15 is 0 Å². The first-order valence-electron chi connectivity index (χ1n) is 10.9. The maximum Gasteiger partial charge on any atom is 0.243 e. The molecular formula is C24H31N3O5. The smallest absolute Gasteiger partial charge is 0.243 e. The topological polar surface area (TPSA) is 80.3 Å². The highest BCUT2D eigenvalue weighted by Gasteiger charge is 2.25. The lowest BCUT2D eigenvalue weighted by molar-refractivity contribution is -0.182. The highest BCUT2D eigenvalue weighted by Crippen LogP contribution is 2.40. The van der Waals surface area contributed by atoms with Crippen LogP contribution in [0.15, 0.2) is 48.5 Å². The number of carbonyl (C=O) groups is 2. The van der Waals surface area contributed by atoms with E-state index in [-0.39, 0.29) is 25.9 Å². The summed E-state index contributed by atoms with van der Waals surface area (Å²) in [5.41, 5.74) is 4.57. The molecule has 2 aromatic carbocycles. The van der Waals surface area contributed by atoms with E-state index in [9.17, 15) is 9.59 Å². The Bertz CT molecular complexity index is 877. The van der Waals surface area contributed by atoms with Crippen molar-refractivity contribution in [1.82, 2.24) is 10.5 Å². The molecule has 1 aliphatic heterocycles. The third kappa shape index (κ3) is 6.37. The SMILES string of the molecule is CCCCC[C@H](CN(C=O)OCc1ccccc1)C(=O)NN(C)c1cccc2c1OCO2. The number of rotatable bonds is 13. The lowest BCUT2D eigenvalue weighted by Crippen LogP contribution is -2.46. The standard InChI is InChI=1S/C24H31N3O5/c1-3-4-6-12-20(15-27(17-28)32-16-19-10-7-5-8-11-19)24(29)25-26(2)21-13-9-14-22-23(21)31-18-30-22/h5,7-11,13-14,17,20H,3-4,6,12,15-16,18H2,1-2H3,(H,25,29)/t20-/m1/s1. The summed E-state index contributed by atoms with van der Waals surface area (Å²) in [6.07, 6.45) is 4.23. The summed E-state index contributed by atoms with van der Waals surface area (Å²) >= 11 is 0. The molecule has 0 aliphatic carbocycles. The second-order valence-electron chi connectivity index (χ2n) is 7.70. The van der Waals surface area contributed by atoms with E-state index in [1.807, 2.05) is 48.5 Å². The van der Waals surface area contributed by atoms with Crippen LogP contribution in [0.1, 0.15) is 38.2 Å². The minimum Gasteiger partial charge on any atom is -0.454 e. The lowest BCUT2D eigenvalue weighted by Gasteiger charge is -2.27. The molecule has 1 heterocycles. The van der Waals surface area contributed by atoms with Gasteiger partial charge in [-0.2, -0.15) is 0 Å². The molecule has 0 spiro atoms. The van der Waals surface area contributed by atoms with Crippen LogP contribution in [-0.4, -0.2) is 37.8 Å². The number of hydrazine groups is 1. The monoisotopic (exact) mass is 441 g/mol. The van der Waals surface area contributed by atoms with Gasteiger partial charge in [-0.25, -0.2) is 5.06 Å². The Morgan fingerprint density at radius 1 is 1.16 bits per heavy atom. The van der Waals surface area contributed by atoms with Crippen LogP contribution in [0.2, 0.25) is 0 Å². The fourth-order valence-corrected chi connectivity index (χ4v) is 3.52. The quantitative estimate of drug-likeness (QED) is 0.290. The van der Waals surface area contributed by atoms with E-state index in [0.29, 0.717) is 30.0 Å². The molecule has 0 aromatic heterocycles. The van der Waals surface area contributed by atoms with E-state index in [1.54, 1.807) is 12.1 Å². The van der Waals surface area contributed by atoms with E-state index < -0.39 is 5.92 Å². The van der Waals surface area contributed by atoms with Crippen molar-refractivity contribution in [3.05, 3.63) is 54.1 Å². The van der Waals surface area contributed by atoms with Crippen LogP contribution in [0.5, 0.6) is 11.5 Å². The Morgan fingerprint density at radius 3 is 2.72 bits per heavy atom. The number of hydrogen-bond acceptors (Lipinski definition) is 6. The molecule has 1 N–H and O–H groups in total. The van der Waals surface area contributed by atoms with E-state index in [1.165, 1.54) is 5.06 Å². The zero-order chi connectivity index (χ0) is 22.8. The van der Waals surface area contributed by atoms with Crippen molar-refractivity contribution in [2.24, 2.45) is 5.92 Å². The number of nitrogens with zero attached hydrogens (tertiary/aromatic N) is 2. The maximum atomic E-state index is 13.1. The van der Waals surface area contributed by atoms with Gasteiger partial charge in [0.15, 0.2) is 11.5 Å². The maximum absolute atomic E-state index is 13.1. The number of carbonyl (C=O) groups excluding carboxylic acids is 2. The third-order valence-corrected chi connectivity index (χ3v) is 5.30. The van der Waals surface area contributed by atoms with Gasteiger partial charge in [0.1, 0.15) is 12.3 Å². The highest BCUT2D eigenvalue weighted by molar-refractivity contribution is 5.81. The summed E-state index contributed by atoms with van der Waals surface area (Å²) in [7, 11) is 1.75. The predicted molar refractivity (Wildman–Crippen MR) is 121 cm³/mol. The van der Waals surface area contributed by atoms with Gasteiger partial charge in [0.25, 0.3) is 0 Å². The Hall–Kier alpha value is -3.26. The zero-order valence-corrected chi connectivity index (χ0v) is 18.7. The number of fused-ring (bicyclic) bond motifs is 1. The van der Waals surface area contributed by atoms with Gasteiger partial charge >= 0.3 is 0 Å². The molecule has 8 nitrogen and oxygen atoms in total. The summed E-state index contributed by atoms with van der Waals surface area (Å²) in [5, 5.41) is 2.83. The van der Waals surface area contributed by atoms with Crippen molar-refractivity contribution >= 4 is 18.0 Å². The van der Waals surface area contributed by atoms with Gasteiger partial charge in [0, 0.05) is 7.05 Å². The van der Waals surface area contributed by atoms with E-state index in [2.05, 4.69) is 12.3 Å². The molecule has 1 aliphatic rings. The number of hydroxylamine groups is 2. The summed E-state index contributed by atoms with van der Waals surface area (Å²) < 4.78 is 11.0. The first-order chi connectivity index (χ1) is 15.6. The van der Waals surface area contributed by atoms with Crippen molar-refractivity contribution in [3.63, 3.8) is 0 Å². The van der Waals surface area contributed by atoms with Gasteiger partial charge in [-0.1, -0.05) is 62.6 Å². The van der Waals surface area contributed by atoms with Crippen LogP contribution in [0, 0.1) is 5.92 Å². The van der Waals surface area contributed by atoms with Crippen LogP contribution >= 0.6 is 0 Å². The number of unbranched alkanes of at least 4 members (excludes halogenated alkanes) is 2. The average molecular weight is 442 g/mol. The fraction of sp³-hybridized carbons (Fsp3) is 0.417. The molecule has 0 saturated carbocycles. The first-order valence-corrected chi connectivity index (χ1v) is 10.9. The Labute approximate surface area is 189 Å². The molecule has 3 rings (SSSR count). The van der Waals surface area contributed by atoms with Crippen LogP contribution in [0.3, 0.4) is 0 Å². The Kier molecular flexibility index (Phi) is 8.74. The summed E-state index contributed by atoms with van der Waals surface area (Å²) in [4.78, 5) is 30.4. The number of benzene rings is 2. The third-order valence-electron chi connectivity index (χ3n) is 5.30. The van der Waals surface area contributed by atoms with Crippen LogP contribution < -0.4 is 19.9 Å². The number of ether oxygens (including phenoxy) is 2. The first kappa shape index (κ1) is 23.4. The van der Waals surface area contributed by atoms with Gasteiger partial charge in [-0.15, -0.1) is 0 Å². The number of hydrogen-bond donors (Lipinski definition) is 1. The molecule has 1 atom stereocenters. The molecule has 0 radical (unpaired) electrons. The van der Waals surface area contributed by atoms with Gasteiger partial charge < -0.3 is 9.47 Å². The summed E-state index contributed by atoms with van der Waals surface area (Å²) in [6.45, 7) is 2.70. The molecule has 0 unspecified atom stereocenters. The predicted octanol–water partition coefficient (Wildman–Crippen LogP) is 3.67. The molecule has 0 bridgehead atoms. The van der Waals surface area contributed by atoms with Crippen molar-refractivity contribution < 1.29 is 23.9 Å². The van der Waals surface area contributed by atoms with Crippen LogP contribution in [0.25, 0.3) is 0 Å². The summed E-state index contributed by atoms with van der Waals surface area (Å²) in [5.74, 6) is 0.636. The van der Waals surface area contributed by atoms with Crippen molar-refractivity contribution in [3.8, 4) is 11.5 Å². The van der Waals surface area contributed by atoms with Crippen LogP contribution in [-0.2, 0) is 21.0 Å². The largest absolute Gasteiger partial charge is 0.454 e. The van der Waals surface area contributed by atoms with Gasteiger partial charge in [0.05, 0.1) is 12.5 Å². The number of amides is 2. The molecule has 0 saturated heterocycles. The second-order valence-corrected chi connectivity index (χ2v) is 7.70. The van der Waals surface area contributed by atoms with E-state index in [4.69, 9.17) is 14.3 Å². The minimum atomic E-state index is -0.418. The normalized spacial score (nSPS) is 12.8. The molecule has 2 aromatic rings. The highest BCUT2D eigenvalue weighted by atomic mass is 16.7. The molecule has 172 valence electrons. The average Bonchev–Trinajstić information content (AvgIpc) is 3.30. The molecule has 8 heteroatoms. The number of nitrogens with one attached hydrogen (secondary N) is 1. The van der Waals surface area contributed by atoms with Crippen molar-refractivity contribution in [2.45, 2.75) is 39.2 Å². The zero-order valence-electron chi connectivity index (χ0n) is 18.7. The van der Waals surface area contributed by atoms with Crippen molar-refractivity contribution in [1.29, 1.82) is 0 Å². The lowest BCUT2D eigenvalue weighted by atomic mass is 10.0. The number of anilines is 1. The molecule has 32 heavy (non-hydrogen) atoms. The molecular weight excluding hydrogens is 410 g/mol. The minimum absolute atomic E-state index is 0.154.